The first kappa shape index (κ1) is 15.6. The molecule has 0 atom stereocenters. The van der Waals surface area contributed by atoms with E-state index >= 15 is 0 Å². The highest BCUT2D eigenvalue weighted by Gasteiger charge is 2.31. The van der Waals surface area contributed by atoms with Crippen LogP contribution >= 0.6 is 0 Å². The Morgan fingerprint density at radius 3 is 2.50 bits per heavy atom. The van der Waals surface area contributed by atoms with Crippen LogP contribution in [0.1, 0.15) is 47.8 Å². The summed E-state index contributed by atoms with van der Waals surface area (Å²) in [5, 5.41) is 8.92. The molecule has 0 radical (unpaired) electrons. The molecule has 5 rings (SSSR count). The van der Waals surface area contributed by atoms with Gasteiger partial charge in [-0.3, -0.25) is 0 Å². The van der Waals surface area contributed by atoms with Crippen LogP contribution in [-0.2, 0) is 12.8 Å². The summed E-state index contributed by atoms with van der Waals surface area (Å²) < 4.78 is 0. The largest absolute Gasteiger partial charge is 0.353 e. The predicted molar refractivity (Wildman–Crippen MR) is 99.4 cm³/mol. The van der Waals surface area contributed by atoms with Crippen LogP contribution in [0.4, 0.5) is 11.6 Å². The highest BCUT2D eigenvalue weighted by Crippen LogP contribution is 2.40. The summed E-state index contributed by atoms with van der Waals surface area (Å²) in [6, 6.07) is 5.91. The summed E-state index contributed by atoms with van der Waals surface area (Å²) in [4.78, 5) is 19.0. The van der Waals surface area contributed by atoms with E-state index in [-0.39, 0.29) is 0 Å². The topological polar surface area (TPSA) is 68.9 Å². The van der Waals surface area contributed by atoms with Gasteiger partial charge < -0.3 is 9.80 Å². The quantitative estimate of drug-likeness (QED) is 0.850. The molecule has 1 saturated heterocycles. The smallest absolute Gasteiger partial charge is 0.135 e. The first-order valence-corrected chi connectivity index (χ1v) is 9.57. The lowest BCUT2D eigenvalue weighted by Crippen LogP contribution is -2.47. The zero-order valence-corrected chi connectivity index (χ0v) is 14.9. The maximum Gasteiger partial charge on any atom is 0.135 e. The second kappa shape index (κ2) is 6.24. The molecule has 0 N–H and O–H groups in total. The zero-order valence-electron chi connectivity index (χ0n) is 14.9. The Balaban J connectivity index is 1.34. The zero-order chi connectivity index (χ0) is 17.5. The van der Waals surface area contributed by atoms with Crippen LogP contribution in [0.15, 0.2) is 18.3 Å². The monoisotopic (exact) mass is 346 g/mol. The molecule has 3 heterocycles. The molecule has 132 valence electrons. The number of pyridine rings is 1. The first-order chi connectivity index (χ1) is 12.8. The fourth-order valence-corrected chi connectivity index (χ4v) is 4.00. The van der Waals surface area contributed by atoms with Gasteiger partial charge in [0, 0.05) is 49.6 Å². The molecule has 26 heavy (non-hydrogen) atoms. The number of hydrogen-bond donors (Lipinski definition) is 0. The Morgan fingerprint density at radius 2 is 1.81 bits per heavy atom. The van der Waals surface area contributed by atoms with Gasteiger partial charge in [0.1, 0.15) is 23.5 Å². The van der Waals surface area contributed by atoms with Gasteiger partial charge in [-0.15, -0.1) is 0 Å². The van der Waals surface area contributed by atoms with Crippen molar-refractivity contribution in [2.24, 2.45) is 0 Å². The third-order valence-corrected chi connectivity index (χ3v) is 5.65. The van der Waals surface area contributed by atoms with E-state index in [0.717, 1.165) is 50.7 Å². The minimum atomic E-state index is 0.601. The van der Waals surface area contributed by atoms with Crippen LogP contribution in [0, 0.1) is 11.3 Å². The number of anilines is 2. The van der Waals surface area contributed by atoms with Crippen molar-refractivity contribution < 1.29 is 0 Å². The fourth-order valence-electron chi connectivity index (χ4n) is 4.00. The third-order valence-electron chi connectivity index (χ3n) is 5.65. The van der Waals surface area contributed by atoms with Gasteiger partial charge in [-0.2, -0.15) is 5.26 Å². The molecule has 3 aliphatic rings. The number of nitriles is 1. The summed E-state index contributed by atoms with van der Waals surface area (Å²) >= 11 is 0. The van der Waals surface area contributed by atoms with Crippen molar-refractivity contribution in [2.45, 2.75) is 38.0 Å². The highest BCUT2D eigenvalue weighted by molar-refractivity contribution is 5.53. The van der Waals surface area contributed by atoms with E-state index in [2.05, 4.69) is 20.9 Å². The van der Waals surface area contributed by atoms with Crippen LogP contribution in [-0.4, -0.2) is 41.1 Å². The van der Waals surface area contributed by atoms with Crippen molar-refractivity contribution in [1.29, 1.82) is 5.26 Å². The number of hydrogen-bond acceptors (Lipinski definition) is 6. The molecule has 0 unspecified atom stereocenters. The highest BCUT2D eigenvalue weighted by atomic mass is 15.3. The minimum Gasteiger partial charge on any atom is -0.353 e. The molecule has 0 spiro atoms. The molecule has 0 amide bonds. The van der Waals surface area contributed by atoms with Gasteiger partial charge in [0.15, 0.2) is 0 Å². The van der Waals surface area contributed by atoms with Crippen LogP contribution in [0.5, 0.6) is 0 Å². The van der Waals surface area contributed by atoms with E-state index in [1.807, 2.05) is 12.1 Å². The maximum atomic E-state index is 8.92. The van der Waals surface area contributed by atoms with Crippen LogP contribution < -0.4 is 9.80 Å². The van der Waals surface area contributed by atoms with E-state index < -0.39 is 0 Å². The number of piperazine rings is 1. The van der Waals surface area contributed by atoms with Gasteiger partial charge in [-0.25, -0.2) is 15.0 Å². The maximum absolute atomic E-state index is 8.92. The molecule has 0 aromatic carbocycles. The van der Waals surface area contributed by atoms with E-state index in [0.29, 0.717) is 11.5 Å². The minimum absolute atomic E-state index is 0.601. The summed E-state index contributed by atoms with van der Waals surface area (Å²) in [6.07, 6.45) is 7.58. The van der Waals surface area contributed by atoms with Crippen LogP contribution in [0.2, 0.25) is 0 Å². The predicted octanol–water partition coefficient (Wildman–Crippen LogP) is 2.44. The Kier molecular flexibility index (Phi) is 3.74. The Labute approximate surface area is 153 Å². The summed E-state index contributed by atoms with van der Waals surface area (Å²) in [5.74, 6) is 3.83. The van der Waals surface area contributed by atoms with Gasteiger partial charge in [-0.1, -0.05) is 0 Å². The Bertz CT molecular complexity index is 857. The average molecular weight is 346 g/mol. The standard InChI is InChI=1S/C20H22N6/c21-12-14-4-7-18(22-13-14)25-8-10-26(11-9-25)20-16-2-1-3-17(16)23-19(24-20)15-5-6-15/h4,7,13,15H,1-3,5-6,8-11H2. The molecule has 1 aliphatic heterocycles. The van der Waals surface area contributed by atoms with E-state index in [4.69, 9.17) is 15.2 Å². The van der Waals surface area contributed by atoms with Crippen molar-refractivity contribution >= 4 is 11.6 Å². The second-order valence-electron chi connectivity index (χ2n) is 7.45. The molecule has 2 aromatic heterocycles. The van der Waals surface area contributed by atoms with Crippen molar-refractivity contribution in [2.75, 3.05) is 36.0 Å². The molecular formula is C20H22N6. The number of aromatic nitrogens is 3. The molecule has 6 heteroatoms. The molecular weight excluding hydrogens is 324 g/mol. The Morgan fingerprint density at radius 1 is 1.00 bits per heavy atom. The molecule has 1 saturated carbocycles. The molecule has 2 aromatic rings. The van der Waals surface area contributed by atoms with Gasteiger partial charge >= 0.3 is 0 Å². The van der Waals surface area contributed by atoms with Crippen LogP contribution in [0.3, 0.4) is 0 Å². The summed E-state index contributed by atoms with van der Waals surface area (Å²) in [5.41, 5.74) is 3.30. The average Bonchev–Trinajstić information content (AvgIpc) is 3.45. The first-order valence-electron chi connectivity index (χ1n) is 9.57. The van der Waals surface area contributed by atoms with Gasteiger partial charge in [0.25, 0.3) is 0 Å². The van der Waals surface area contributed by atoms with E-state index in [1.54, 1.807) is 6.20 Å². The normalized spacial score (nSPS) is 19.3. The number of rotatable bonds is 3. The fraction of sp³-hybridized carbons (Fsp3) is 0.500. The van der Waals surface area contributed by atoms with Crippen molar-refractivity contribution in [3.8, 4) is 6.07 Å². The van der Waals surface area contributed by atoms with Crippen molar-refractivity contribution in [3.63, 3.8) is 0 Å². The number of fused-ring (bicyclic) bond motifs is 1. The summed E-state index contributed by atoms with van der Waals surface area (Å²) in [7, 11) is 0. The van der Waals surface area contributed by atoms with Gasteiger partial charge in [-0.05, 0) is 44.2 Å². The SMILES string of the molecule is N#Cc1ccc(N2CCN(c3nc(C4CC4)nc4c3CCC4)CC2)nc1. The lowest BCUT2D eigenvalue weighted by Gasteiger charge is -2.37. The number of aryl methyl sites for hydroxylation is 1. The number of nitrogens with zero attached hydrogens (tertiary/aromatic N) is 6. The summed E-state index contributed by atoms with van der Waals surface area (Å²) in [6.45, 7) is 3.76. The Hall–Kier alpha value is -2.68. The molecule has 2 fully saturated rings. The van der Waals surface area contributed by atoms with Crippen molar-refractivity contribution in [1.82, 2.24) is 15.0 Å². The lowest BCUT2D eigenvalue weighted by molar-refractivity contribution is 0.636. The molecule has 6 nitrogen and oxygen atoms in total. The van der Waals surface area contributed by atoms with E-state index in [9.17, 15) is 0 Å². The molecule has 2 aliphatic carbocycles. The molecule has 0 bridgehead atoms. The van der Waals surface area contributed by atoms with Gasteiger partial charge in [0.05, 0.1) is 5.56 Å². The van der Waals surface area contributed by atoms with E-state index in [1.165, 1.54) is 36.3 Å². The van der Waals surface area contributed by atoms with Crippen LogP contribution in [0.25, 0.3) is 0 Å². The van der Waals surface area contributed by atoms with Gasteiger partial charge in [0.2, 0.25) is 0 Å². The third kappa shape index (κ3) is 2.78. The van der Waals surface area contributed by atoms with Crippen molar-refractivity contribution in [3.05, 3.63) is 41.0 Å². The second-order valence-corrected chi connectivity index (χ2v) is 7.45. The lowest BCUT2D eigenvalue weighted by atomic mass is 10.2.